The number of carboxylic acid groups (broad SMARTS) is 1. The van der Waals surface area contributed by atoms with E-state index in [9.17, 15) is 22.4 Å². The monoisotopic (exact) mass is 265 g/mol. The summed E-state index contributed by atoms with van der Waals surface area (Å²) in [6.07, 6.45) is -4.67. The maximum Gasteiger partial charge on any atom is 0.407 e. The molecule has 100 valence electrons. The highest BCUT2D eigenvalue weighted by molar-refractivity contribution is 5.72. The molecule has 0 aromatic heterocycles. The summed E-state index contributed by atoms with van der Waals surface area (Å²) >= 11 is 0. The molecule has 0 amide bonds. The van der Waals surface area contributed by atoms with E-state index in [1.165, 1.54) is 0 Å². The van der Waals surface area contributed by atoms with Crippen LogP contribution < -0.4 is 5.32 Å². The molecule has 0 saturated heterocycles. The third-order valence-corrected chi connectivity index (χ3v) is 2.32. The number of halogens is 4. The Labute approximate surface area is 100 Å². The zero-order chi connectivity index (χ0) is 13.9. The molecule has 0 spiro atoms. The topological polar surface area (TPSA) is 49.3 Å². The molecule has 0 saturated carbocycles. The zero-order valence-electron chi connectivity index (χ0n) is 9.33. The van der Waals surface area contributed by atoms with Crippen LogP contribution in [0.4, 0.5) is 17.6 Å². The van der Waals surface area contributed by atoms with Crippen molar-refractivity contribution in [1.82, 2.24) is 5.32 Å². The molecule has 1 unspecified atom stereocenters. The van der Waals surface area contributed by atoms with E-state index in [1.54, 1.807) is 0 Å². The normalized spacial score (nSPS) is 15.2. The Hall–Kier alpha value is -1.63. The van der Waals surface area contributed by atoms with Gasteiger partial charge in [0.15, 0.2) is 0 Å². The summed E-state index contributed by atoms with van der Waals surface area (Å²) in [5, 5.41) is 10.5. The molecule has 0 bridgehead atoms. The standard InChI is InChI=1S/C11H11F4NO2/c1-6(10(17)18)16-9(11(13,14)15)7-2-4-8(12)5-3-7/h2-6,9,16H,1H3,(H,17,18)/t6-,9?/m1/s1. The van der Waals surface area contributed by atoms with Crippen molar-refractivity contribution >= 4 is 5.97 Å². The fourth-order valence-corrected chi connectivity index (χ4v) is 1.36. The first kappa shape index (κ1) is 14.4. The predicted octanol–water partition coefficient (Wildman–Crippen LogP) is 2.49. The van der Waals surface area contributed by atoms with E-state index in [2.05, 4.69) is 0 Å². The van der Waals surface area contributed by atoms with E-state index in [0.717, 1.165) is 31.2 Å². The first-order chi connectivity index (χ1) is 8.21. The first-order valence-corrected chi connectivity index (χ1v) is 5.03. The van der Waals surface area contributed by atoms with Crippen LogP contribution in [0.5, 0.6) is 0 Å². The van der Waals surface area contributed by atoms with Crippen LogP contribution in [0.25, 0.3) is 0 Å². The summed E-state index contributed by atoms with van der Waals surface area (Å²) in [5.74, 6) is -2.06. The zero-order valence-corrected chi connectivity index (χ0v) is 9.33. The van der Waals surface area contributed by atoms with Crippen LogP contribution in [0, 0.1) is 5.82 Å². The highest BCUT2D eigenvalue weighted by Gasteiger charge is 2.42. The maximum absolute atomic E-state index is 12.8. The smallest absolute Gasteiger partial charge is 0.407 e. The SMILES string of the molecule is C[C@@H](NC(c1ccc(F)cc1)C(F)(F)F)C(=O)O. The second kappa shape index (κ2) is 5.34. The fourth-order valence-electron chi connectivity index (χ4n) is 1.36. The van der Waals surface area contributed by atoms with Crippen LogP contribution in [-0.4, -0.2) is 23.3 Å². The third kappa shape index (κ3) is 3.69. The largest absolute Gasteiger partial charge is 0.480 e. The molecule has 2 N–H and O–H groups in total. The maximum atomic E-state index is 12.8. The quantitative estimate of drug-likeness (QED) is 0.822. The second-order valence-corrected chi connectivity index (χ2v) is 3.75. The fraction of sp³-hybridized carbons (Fsp3) is 0.364. The predicted molar refractivity (Wildman–Crippen MR) is 55.4 cm³/mol. The van der Waals surface area contributed by atoms with Gasteiger partial charge in [0.1, 0.15) is 17.9 Å². The van der Waals surface area contributed by atoms with E-state index < -0.39 is 30.0 Å². The number of rotatable bonds is 4. The summed E-state index contributed by atoms with van der Waals surface area (Å²) < 4.78 is 51.0. The Morgan fingerprint density at radius 3 is 2.17 bits per heavy atom. The summed E-state index contributed by atoms with van der Waals surface area (Å²) in [4.78, 5) is 10.6. The van der Waals surface area contributed by atoms with Gasteiger partial charge in [0.25, 0.3) is 0 Å². The highest BCUT2D eigenvalue weighted by atomic mass is 19.4. The minimum Gasteiger partial charge on any atom is -0.480 e. The highest BCUT2D eigenvalue weighted by Crippen LogP contribution is 2.33. The minimum atomic E-state index is -4.67. The van der Waals surface area contributed by atoms with E-state index in [-0.39, 0.29) is 5.56 Å². The number of benzene rings is 1. The lowest BCUT2D eigenvalue weighted by molar-refractivity contribution is -0.162. The third-order valence-electron chi connectivity index (χ3n) is 2.32. The Morgan fingerprint density at radius 1 is 1.28 bits per heavy atom. The molecule has 0 fully saturated rings. The van der Waals surface area contributed by atoms with Gasteiger partial charge in [0.2, 0.25) is 0 Å². The molecule has 0 aliphatic rings. The average Bonchev–Trinajstić information content (AvgIpc) is 2.25. The van der Waals surface area contributed by atoms with Gasteiger partial charge in [-0.2, -0.15) is 13.2 Å². The van der Waals surface area contributed by atoms with Gasteiger partial charge >= 0.3 is 12.1 Å². The number of carboxylic acids is 1. The van der Waals surface area contributed by atoms with E-state index in [0.29, 0.717) is 0 Å². The van der Waals surface area contributed by atoms with Crippen LogP contribution in [0.3, 0.4) is 0 Å². The Morgan fingerprint density at radius 2 is 1.78 bits per heavy atom. The van der Waals surface area contributed by atoms with E-state index >= 15 is 0 Å². The molecule has 7 heteroatoms. The van der Waals surface area contributed by atoms with E-state index in [1.807, 2.05) is 5.32 Å². The number of nitrogens with one attached hydrogen (secondary N) is 1. The molecule has 18 heavy (non-hydrogen) atoms. The lowest BCUT2D eigenvalue weighted by Gasteiger charge is -2.24. The second-order valence-electron chi connectivity index (χ2n) is 3.75. The number of carbonyl (C=O) groups is 1. The molecular weight excluding hydrogens is 254 g/mol. The van der Waals surface area contributed by atoms with Crippen molar-refractivity contribution in [2.75, 3.05) is 0 Å². The van der Waals surface area contributed by atoms with E-state index in [4.69, 9.17) is 5.11 Å². The van der Waals surface area contributed by atoms with Crippen LogP contribution >= 0.6 is 0 Å². The van der Waals surface area contributed by atoms with Crippen LogP contribution in [0.2, 0.25) is 0 Å². The van der Waals surface area contributed by atoms with Crippen molar-refractivity contribution < 1.29 is 27.5 Å². The van der Waals surface area contributed by atoms with Gasteiger partial charge < -0.3 is 5.11 Å². The first-order valence-electron chi connectivity index (χ1n) is 5.03. The summed E-state index contributed by atoms with van der Waals surface area (Å²) in [6.45, 7) is 1.10. The van der Waals surface area contributed by atoms with Crippen molar-refractivity contribution in [3.05, 3.63) is 35.6 Å². The van der Waals surface area contributed by atoms with Crippen molar-refractivity contribution in [2.45, 2.75) is 25.2 Å². The molecule has 1 rings (SSSR count). The number of hydrogen-bond donors (Lipinski definition) is 2. The molecule has 3 nitrogen and oxygen atoms in total. The lowest BCUT2D eigenvalue weighted by Crippen LogP contribution is -2.43. The Balaban J connectivity index is 2.99. The van der Waals surface area contributed by atoms with Crippen molar-refractivity contribution in [3.8, 4) is 0 Å². The number of alkyl halides is 3. The van der Waals surface area contributed by atoms with Crippen LogP contribution in [0.1, 0.15) is 18.5 Å². The average molecular weight is 265 g/mol. The minimum absolute atomic E-state index is 0.239. The van der Waals surface area contributed by atoms with Gasteiger partial charge in [0, 0.05) is 0 Å². The van der Waals surface area contributed by atoms with Gasteiger partial charge in [-0.25, -0.2) is 4.39 Å². The van der Waals surface area contributed by atoms with Gasteiger partial charge in [-0.3, -0.25) is 10.1 Å². The molecule has 2 atom stereocenters. The molecule has 0 heterocycles. The van der Waals surface area contributed by atoms with Gasteiger partial charge in [-0.05, 0) is 24.6 Å². The summed E-state index contributed by atoms with van der Waals surface area (Å²) in [6, 6.07) is 0.192. The summed E-state index contributed by atoms with van der Waals surface area (Å²) in [5.41, 5.74) is -0.239. The van der Waals surface area contributed by atoms with Crippen LogP contribution in [0.15, 0.2) is 24.3 Å². The molecule has 1 aromatic carbocycles. The molecule has 0 radical (unpaired) electrons. The summed E-state index contributed by atoms with van der Waals surface area (Å²) in [7, 11) is 0. The Kier molecular flexibility index (Phi) is 4.28. The van der Waals surface area contributed by atoms with Gasteiger partial charge in [0.05, 0.1) is 0 Å². The molecular formula is C11H11F4NO2. The van der Waals surface area contributed by atoms with Crippen molar-refractivity contribution in [1.29, 1.82) is 0 Å². The van der Waals surface area contributed by atoms with Gasteiger partial charge in [-0.15, -0.1) is 0 Å². The van der Waals surface area contributed by atoms with Gasteiger partial charge in [-0.1, -0.05) is 12.1 Å². The van der Waals surface area contributed by atoms with Crippen molar-refractivity contribution in [2.24, 2.45) is 0 Å². The molecule has 0 aliphatic heterocycles. The lowest BCUT2D eigenvalue weighted by atomic mass is 10.1. The van der Waals surface area contributed by atoms with Crippen molar-refractivity contribution in [3.63, 3.8) is 0 Å². The Bertz CT molecular complexity index is 416. The number of aliphatic carboxylic acids is 1. The molecule has 1 aromatic rings. The number of hydrogen-bond acceptors (Lipinski definition) is 2. The molecule has 0 aliphatic carbocycles. The van der Waals surface area contributed by atoms with Crippen LogP contribution in [-0.2, 0) is 4.79 Å².